The van der Waals surface area contributed by atoms with E-state index < -0.39 is 0 Å². The summed E-state index contributed by atoms with van der Waals surface area (Å²) in [5.74, 6) is 0. The van der Waals surface area contributed by atoms with Crippen LogP contribution in [0, 0.1) is 0 Å². The van der Waals surface area contributed by atoms with Crippen molar-refractivity contribution in [3.63, 3.8) is 0 Å². The van der Waals surface area contributed by atoms with Crippen LogP contribution in [-0.2, 0) is 0 Å². The quantitative estimate of drug-likeness (QED) is 0.918. The SMILES string of the molecule is O=C(NC1CCCC1)N1CCN(c2nc3cccnc3s2)CC1. The van der Waals surface area contributed by atoms with E-state index in [9.17, 15) is 4.79 Å². The molecule has 2 amide bonds. The Bertz CT molecular complexity index is 656. The van der Waals surface area contributed by atoms with E-state index in [1.54, 1.807) is 17.5 Å². The summed E-state index contributed by atoms with van der Waals surface area (Å²) >= 11 is 1.62. The highest BCUT2D eigenvalue weighted by Gasteiger charge is 2.25. The third-order valence-electron chi connectivity index (χ3n) is 4.68. The van der Waals surface area contributed by atoms with Crippen molar-refractivity contribution in [1.29, 1.82) is 0 Å². The number of hydrogen-bond donors (Lipinski definition) is 1. The molecule has 0 aromatic carbocycles. The minimum Gasteiger partial charge on any atom is -0.344 e. The molecule has 1 aliphatic heterocycles. The summed E-state index contributed by atoms with van der Waals surface area (Å²) in [5.41, 5.74) is 0.953. The molecule has 4 rings (SSSR count). The van der Waals surface area contributed by atoms with Crippen LogP contribution in [-0.4, -0.2) is 53.1 Å². The lowest BCUT2D eigenvalue weighted by Crippen LogP contribution is -2.53. The fourth-order valence-electron chi connectivity index (χ4n) is 3.33. The zero-order valence-electron chi connectivity index (χ0n) is 13.1. The van der Waals surface area contributed by atoms with Crippen molar-refractivity contribution in [2.45, 2.75) is 31.7 Å². The van der Waals surface area contributed by atoms with Crippen LogP contribution in [0.4, 0.5) is 9.93 Å². The van der Waals surface area contributed by atoms with E-state index in [1.807, 2.05) is 17.0 Å². The average Bonchev–Trinajstić information content (AvgIpc) is 3.24. The number of nitrogens with zero attached hydrogens (tertiary/aromatic N) is 4. The van der Waals surface area contributed by atoms with Crippen LogP contribution in [0.3, 0.4) is 0 Å². The van der Waals surface area contributed by atoms with E-state index in [0.717, 1.165) is 54.5 Å². The molecule has 2 aromatic heterocycles. The smallest absolute Gasteiger partial charge is 0.317 e. The van der Waals surface area contributed by atoms with Gasteiger partial charge in [-0.15, -0.1) is 0 Å². The van der Waals surface area contributed by atoms with Gasteiger partial charge >= 0.3 is 6.03 Å². The van der Waals surface area contributed by atoms with E-state index in [4.69, 9.17) is 0 Å². The van der Waals surface area contributed by atoms with Crippen molar-refractivity contribution in [3.05, 3.63) is 18.3 Å². The third kappa shape index (κ3) is 3.10. The molecule has 3 heterocycles. The predicted molar refractivity (Wildman–Crippen MR) is 92.0 cm³/mol. The Morgan fingerprint density at radius 1 is 1.22 bits per heavy atom. The van der Waals surface area contributed by atoms with Gasteiger partial charge in [-0.3, -0.25) is 0 Å². The first-order valence-electron chi connectivity index (χ1n) is 8.31. The molecule has 0 atom stereocenters. The minimum absolute atomic E-state index is 0.0996. The molecule has 1 N–H and O–H groups in total. The lowest BCUT2D eigenvalue weighted by atomic mass is 10.2. The van der Waals surface area contributed by atoms with E-state index in [2.05, 4.69) is 20.2 Å². The lowest BCUT2D eigenvalue weighted by Gasteiger charge is -2.35. The maximum absolute atomic E-state index is 12.3. The number of urea groups is 1. The van der Waals surface area contributed by atoms with E-state index >= 15 is 0 Å². The van der Waals surface area contributed by atoms with Gasteiger partial charge in [-0.05, 0) is 25.0 Å². The highest BCUT2D eigenvalue weighted by molar-refractivity contribution is 7.21. The molecule has 0 radical (unpaired) electrons. The molecule has 23 heavy (non-hydrogen) atoms. The number of fused-ring (bicyclic) bond motifs is 1. The Balaban J connectivity index is 1.35. The molecule has 1 aliphatic carbocycles. The van der Waals surface area contributed by atoms with Crippen molar-refractivity contribution in [1.82, 2.24) is 20.2 Å². The van der Waals surface area contributed by atoms with E-state index in [-0.39, 0.29) is 6.03 Å². The normalized spacial score (nSPS) is 19.5. The summed E-state index contributed by atoms with van der Waals surface area (Å²) in [7, 11) is 0. The Labute approximate surface area is 139 Å². The Morgan fingerprint density at radius 3 is 2.74 bits per heavy atom. The van der Waals surface area contributed by atoms with Crippen molar-refractivity contribution in [2.24, 2.45) is 0 Å². The zero-order valence-corrected chi connectivity index (χ0v) is 13.9. The molecule has 0 bridgehead atoms. The van der Waals surface area contributed by atoms with Crippen LogP contribution < -0.4 is 10.2 Å². The fraction of sp³-hybridized carbons (Fsp3) is 0.562. The second kappa shape index (κ2) is 6.31. The molecule has 1 saturated carbocycles. The molecule has 2 aromatic rings. The van der Waals surface area contributed by atoms with E-state index in [0.29, 0.717) is 6.04 Å². The zero-order chi connectivity index (χ0) is 15.6. The highest BCUT2D eigenvalue weighted by Crippen LogP contribution is 2.27. The number of carbonyl (C=O) groups is 1. The van der Waals surface area contributed by atoms with Gasteiger partial charge in [0, 0.05) is 38.4 Å². The Kier molecular flexibility index (Phi) is 4.03. The van der Waals surface area contributed by atoms with E-state index in [1.165, 1.54) is 12.8 Å². The van der Waals surface area contributed by atoms with Crippen molar-refractivity contribution in [3.8, 4) is 0 Å². The summed E-state index contributed by atoms with van der Waals surface area (Å²) in [4.78, 5) is 26.5. The second-order valence-electron chi connectivity index (χ2n) is 6.23. The number of piperazine rings is 1. The Morgan fingerprint density at radius 2 is 2.00 bits per heavy atom. The molecule has 2 aliphatic rings. The molecule has 1 saturated heterocycles. The maximum Gasteiger partial charge on any atom is 0.317 e. The van der Waals surface area contributed by atoms with Crippen LogP contribution in [0.1, 0.15) is 25.7 Å². The van der Waals surface area contributed by atoms with Gasteiger partial charge in [0.2, 0.25) is 0 Å². The number of carbonyl (C=O) groups excluding carboxylic acids is 1. The van der Waals surface area contributed by atoms with Crippen LogP contribution in [0.15, 0.2) is 18.3 Å². The number of anilines is 1. The van der Waals surface area contributed by atoms with Crippen molar-refractivity contribution < 1.29 is 4.79 Å². The molecule has 0 unspecified atom stereocenters. The van der Waals surface area contributed by atoms with Crippen molar-refractivity contribution in [2.75, 3.05) is 31.1 Å². The molecule has 2 fully saturated rings. The number of thiazole rings is 1. The molecule has 7 heteroatoms. The van der Waals surface area contributed by atoms with Crippen LogP contribution >= 0.6 is 11.3 Å². The number of aromatic nitrogens is 2. The van der Waals surface area contributed by atoms with Gasteiger partial charge in [-0.25, -0.2) is 14.8 Å². The number of pyridine rings is 1. The molecular formula is C16H21N5OS. The lowest BCUT2D eigenvalue weighted by molar-refractivity contribution is 0.190. The van der Waals surface area contributed by atoms with Gasteiger partial charge < -0.3 is 15.1 Å². The summed E-state index contributed by atoms with van der Waals surface area (Å²) in [5, 5.41) is 4.18. The first-order chi connectivity index (χ1) is 11.3. The summed E-state index contributed by atoms with van der Waals surface area (Å²) in [6.07, 6.45) is 6.54. The Hall–Kier alpha value is -1.89. The van der Waals surface area contributed by atoms with Crippen molar-refractivity contribution >= 4 is 32.8 Å². The summed E-state index contributed by atoms with van der Waals surface area (Å²) in [6.45, 7) is 3.17. The first-order valence-corrected chi connectivity index (χ1v) is 9.13. The molecular weight excluding hydrogens is 310 g/mol. The van der Waals surface area contributed by atoms with Gasteiger partial charge in [0.15, 0.2) is 5.13 Å². The largest absolute Gasteiger partial charge is 0.344 e. The molecule has 0 spiro atoms. The molecule has 122 valence electrons. The first kappa shape index (κ1) is 14.7. The maximum atomic E-state index is 12.3. The van der Waals surface area contributed by atoms with Crippen LogP contribution in [0.2, 0.25) is 0 Å². The van der Waals surface area contributed by atoms with Gasteiger partial charge in [-0.1, -0.05) is 24.2 Å². The molecule has 6 nitrogen and oxygen atoms in total. The second-order valence-corrected chi connectivity index (χ2v) is 7.19. The predicted octanol–water partition coefficient (Wildman–Crippen LogP) is 2.47. The van der Waals surface area contributed by atoms with Crippen LogP contribution in [0.25, 0.3) is 10.3 Å². The number of nitrogens with one attached hydrogen (secondary N) is 1. The number of rotatable bonds is 2. The summed E-state index contributed by atoms with van der Waals surface area (Å²) < 4.78 is 0. The van der Waals surface area contributed by atoms with Gasteiger partial charge in [0.25, 0.3) is 0 Å². The van der Waals surface area contributed by atoms with Gasteiger partial charge in [0.1, 0.15) is 10.3 Å². The fourth-order valence-corrected chi connectivity index (χ4v) is 4.29. The topological polar surface area (TPSA) is 61.4 Å². The standard InChI is InChI=1S/C16H21N5OS/c22-15(18-12-4-1-2-5-12)20-8-10-21(11-9-20)16-19-13-6-3-7-17-14(13)23-16/h3,6-7,12H,1-2,4-5,8-11H2,(H,18,22). The monoisotopic (exact) mass is 331 g/mol. The van der Waals surface area contributed by atoms with Gasteiger partial charge in [-0.2, -0.15) is 0 Å². The number of amides is 2. The third-order valence-corrected chi connectivity index (χ3v) is 5.72. The average molecular weight is 331 g/mol. The van der Waals surface area contributed by atoms with Crippen LogP contribution in [0.5, 0.6) is 0 Å². The minimum atomic E-state index is 0.0996. The number of hydrogen-bond acceptors (Lipinski definition) is 5. The van der Waals surface area contributed by atoms with Gasteiger partial charge in [0.05, 0.1) is 0 Å². The summed E-state index contributed by atoms with van der Waals surface area (Å²) in [6, 6.07) is 4.39. The highest BCUT2D eigenvalue weighted by atomic mass is 32.1.